The van der Waals surface area contributed by atoms with Gasteiger partial charge in [0.25, 0.3) is 0 Å². The summed E-state index contributed by atoms with van der Waals surface area (Å²) in [5, 5.41) is 2.26. The predicted octanol–water partition coefficient (Wildman–Crippen LogP) is -0.0110. The van der Waals surface area contributed by atoms with Crippen LogP contribution in [-0.2, 0) is 28.7 Å². The van der Waals surface area contributed by atoms with Gasteiger partial charge in [-0.15, -0.1) is 0 Å². The zero-order valence-electron chi connectivity index (χ0n) is 13.9. The minimum absolute atomic E-state index is 0.0564. The molecular formula is C15H22N2O7. The fourth-order valence-electron chi connectivity index (χ4n) is 2.01. The van der Waals surface area contributed by atoms with Crippen molar-refractivity contribution in [2.75, 3.05) is 0 Å². The summed E-state index contributed by atoms with van der Waals surface area (Å²) < 4.78 is 9.82. The average Bonchev–Trinajstić information content (AvgIpc) is 2.73. The molecule has 0 spiro atoms. The number of hydrogen-bond acceptors (Lipinski definition) is 7. The predicted molar refractivity (Wildman–Crippen MR) is 80.7 cm³/mol. The third-order valence-electron chi connectivity index (χ3n) is 3.12. The van der Waals surface area contributed by atoms with E-state index >= 15 is 0 Å². The second kappa shape index (κ2) is 7.89. The van der Waals surface area contributed by atoms with Gasteiger partial charge >= 0.3 is 12.1 Å². The molecule has 9 heteroatoms. The number of ether oxygens (including phenoxy) is 2. The Labute approximate surface area is 139 Å². The number of ketones is 2. The normalized spacial score (nSPS) is 16.6. The lowest BCUT2D eigenvalue weighted by Crippen LogP contribution is -2.46. The zero-order chi connectivity index (χ0) is 18.5. The second-order valence-corrected chi connectivity index (χ2v) is 6.44. The summed E-state index contributed by atoms with van der Waals surface area (Å²) in [7, 11) is 0. The van der Waals surface area contributed by atoms with Crippen LogP contribution in [0.3, 0.4) is 0 Å². The Morgan fingerprint density at radius 2 is 1.75 bits per heavy atom. The first kappa shape index (κ1) is 19.6. The molecule has 0 bridgehead atoms. The number of nitrogens with one attached hydrogen (secondary N) is 1. The SMILES string of the molecule is CC(C)(C)OC(=O)N[C@H](CCC(=O)OC1C(=O)CCC1=O)C(N)=O. The van der Waals surface area contributed by atoms with Crippen LogP contribution in [0.15, 0.2) is 0 Å². The first-order chi connectivity index (χ1) is 11.0. The van der Waals surface area contributed by atoms with Gasteiger partial charge in [-0.25, -0.2) is 4.79 Å². The lowest BCUT2D eigenvalue weighted by Gasteiger charge is -2.22. The molecule has 3 N–H and O–H groups in total. The summed E-state index contributed by atoms with van der Waals surface area (Å²) in [6.07, 6.45) is -2.52. The molecule has 1 fully saturated rings. The number of amides is 2. The molecule has 0 heterocycles. The highest BCUT2D eigenvalue weighted by Gasteiger charge is 2.36. The number of Topliss-reactive ketones (excluding diaryl/α,β-unsaturated/α-hetero) is 2. The second-order valence-electron chi connectivity index (χ2n) is 6.44. The molecule has 9 nitrogen and oxygen atoms in total. The topological polar surface area (TPSA) is 142 Å². The number of rotatable bonds is 6. The number of hydrogen-bond donors (Lipinski definition) is 2. The van der Waals surface area contributed by atoms with Gasteiger partial charge in [0.05, 0.1) is 0 Å². The molecular weight excluding hydrogens is 320 g/mol. The molecule has 0 aromatic rings. The number of primary amides is 1. The van der Waals surface area contributed by atoms with E-state index in [0.717, 1.165) is 0 Å². The van der Waals surface area contributed by atoms with Crippen LogP contribution in [0.4, 0.5) is 4.79 Å². The quantitative estimate of drug-likeness (QED) is 0.510. The summed E-state index contributed by atoms with van der Waals surface area (Å²) in [4.78, 5) is 57.5. The van der Waals surface area contributed by atoms with Gasteiger partial charge in [0.2, 0.25) is 12.0 Å². The van der Waals surface area contributed by atoms with Crippen molar-refractivity contribution in [1.82, 2.24) is 5.32 Å². The van der Waals surface area contributed by atoms with E-state index in [-0.39, 0.29) is 25.7 Å². The van der Waals surface area contributed by atoms with E-state index in [0.29, 0.717) is 0 Å². The van der Waals surface area contributed by atoms with Gasteiger partial charge in [-0.05, 0) is 27.2 Å². The van der Waals surface area contributed by atoms with Gasteiger partial charge in [0, 0.05) is 19.3 Å². The highest BCUT2D eigenvalue weighted by atomic mass is 16.6. The number of esters is 1. The number of alkyl carbamates (subject to hydrolysis) is 1. The molecule has 24 heavy (non-hydrogen) atoms. The highest BCUT2D eigenvalue weighted by molar-refractivity contribution is 6.12. The van der Waals surface area contributed by atoms with Crippen molar-refractivity contribution in [2.24, 2.45) is 5.73 Å². The van der Waals surface area contributed by atoms with Crippen molar-refractivity contribution in [1.29, 1.82) is 0 Å². The van der Waals surface area contributed by atoms with Crippen molar-refractivity contribution < 1.29 is 33.4 Å². The van der Waals surface area contributed by atoms with E-state index in [4.69, 9.17) is 15.2 Å². The number of carbonyl (C=O) groups is 5. The standard InChI is InChI=1S/C15H22N2O7/c1-15(2,3)24-14(22)17-8(13(16)21)4-7-11(20)23-12-9(18)5-6-10(12)19/h8,12H,4-7H2,1-3H3,(H2,16,21)(H,17,22)/t8-/m1/s1. The summed E-state index contributed by atoms with van der Waals surface area (Å²) in [5.74, 6) is -2.54. The van der Waals surface area contributed by atoms with Gasteiger partial charge in [-0.1, -0.05) is 0 Å². The molecule has 0 unspecified atom stereocenters. The maximum absolute atomic E-state index is 11.7. The van der Waals surface area contributed by atoms with Crippen molar-refractivity contribution >= 4 is 29.5 Å². The van der Waals surface area contributed by atoms with E-state index in [2.05, 4.69) is 5.32 Å². The third kappa shape index (κ3) is 6.35. The summed E-state index contributed by atoms with van der Waals surface area (Å²) in [6, 6.07) is -1.14. The molecule has 1 atom stereocenters. The van der Waals surface area contributed by atoms with Crippen LogP contribution < -0.4 is 11.1 Å². The molecule has 0 aliphatic heterocycles. The van der Waals surface area contributed by atoms with Gasteiger partial charge in [0.15, 0.2) is 11.6 Å². The van der Waals surface area contributed by atoms with Crippen molar-refractivity contribution in [2.45, 2.75) is 64.2 Å². The molecule has 0 radical (unpaired) electrons. The molecule has 0 saturated heterocycles. The third-order valence-corrected chi connectivity index (χ3v) is 3.12. The molecule has 1 rings (SSSR count). The van der Waals surface area contributed by atoms with Gasteiger partial charge in [-0.3, -0.25) is 19.2 Å². The first-order valence-electron chi connectivity index (χ1n) is 7.53. The van der Waals surface area contributed by atoms with Gasteiger partial charge in [0.1, 0.15) is 11.6 Å². The summed E-state index contributed by atoms with van der Waals surface area (Å²) >= 11 is 0. The fourth-order valence-corrected chi connectivity index (χ4v) is 2.01. The molecule has 0 aromatic heterocycles. The summed E-state index contributed by atoms with van der Waals surface area (Å²) in [6.45, 7) is 4.95. The molecule has 1 aliphatic rings. The van der Waals surface area contributed by atoms with Crippen LogP contribution in [0.5, 0.6) is 0 Å². The Bertz CT molecular complexity index is 535. The lowest BCUT2D eigenvalue weighted by molar-refractivity contribution is -0.157. The van der Waals surface area contributed by atoms with E-state index in [9.17, 15) is 24.0 Å². The average molecular weight is 342 g/mol. The zero-order valence-corrected chi connectivity index (χ0v) is 13.9. The fraction of sp³-hybridized carbons (Fsp3) is 0.667. The Balaban J connectivity index is 2.50. The first-order valence-corrected chi connectivity index (χ1v) is 7.53. The van der Waals surface area contributed by atoms with E-state index in [1.165, 1.54) is 0 Å². The van der Waals surface area contributed by atoms with Crippen LogP contribution in [0.1, 0.15) is 46.5 Å². The molecule has 0 aromatic carbocycles. The molecule has 1 aliphatic carbocycles. The Hall–Kier alpha value is -2.45. The van der Waals surface area contributed by atoms with Crippen LogP contribution in [0.2, 0.25) is 0 Å². The maximum atomic E-state index is 11.7. The monoisotopic (exact) mass is 342 g/mol. The van der Waals surface area contributed by atoms with Crippen LogP contribution in [-0.4, -0.2) is 47.3 Å². The van der Waals surface area contributed by atoms with Crippen molar-refractivity contribution in [3.8, 4) is 0 Å². The van der Waals surface area contributed by atoms with Crippen molar-refractivity contribution in [3.63, 3.8) is 0 Å². The number of carbonyl (C=O) groups excluding carboxylic acids is 5. The molecule has 1 saturated carbocycles. The number of nitrogens with two attached hydrogens (primary N) is 1. The Kier molecular flexibility index (Phi) is 6.44. The minimum atomic E-state index is -1.36. The Morgan fingerprint density at radius 3 is 2.21 bits per heavy atom. The largest absolute Gasteiger partial charge is 0.446 e. The van der Waals surface area contributed by atoms with Crippen molar-refractivity contribution in [3.05, 3.63) is 0 Å². The summed E-state index contributed by atoms with van der Waals surface area (Å²) in [5.41, 5.74) is 4.42. The Morgan fingerprint density at radius 1 is 1.21 bits per heavy atom. The van der Waals surface area contributed by atoms with Gasteiger partial charge in [-0.2, -0.15) is 0 Å². The maximum Gasteiger partial charge on any atom is 0.408 e. The highest BCUT2D eigenvalue weighted by Crippen LogP contribution is 2.15. The van der Waals surface area contributed by atoms with Gasteiger partial charge < -0.3 is 20.5 Å². The molecule has 2 amide bonds. The van der Waals surface area contributed by atoms with E-state index in [1.54, 1.807) is 20.8 Å². The van der Waals surface area contributed by atoms with E-state index in [1.807, 2.05) is 0 Å². The smallest absolute Gasteiger partial charge is 0.408 e. The van der Waals surface area contributed by atoms with E-state index < -0.39 is 47.3 Å². The van der Waals surface area contributed by atoms with Crippen LogP contribution >= 0.6 is 0 Å². The lowest BCUT2D eigenvalue weighted by atomic mass is 10.1. The van der Waals surface area contributed by atoms with Crippen LogP contribution in [0, 0.1) is 0 Å². The minimum Gasteiger partial charge on any atom is -0.446 e. The van der Waals surface area contributed by atoms with Crippen LogP contribution in [0.25, 0.3) is 0 Å². The molecule has 134 valence electrons.